The van der Waals surface area contributed by atoms with Crippen molar-refractivity contribution in [3.05, 3.63) is 217 Å². The van der Waals surface area contributed by atoms with Crippen LogP contribution in [0.3, 0.4) is 0 Å². The summed E-state index contributed by atoms with van der Waals surface area (Å²) in [5.41, 5.74) is 13.5. The molecule has 0 aliphatic heterocycles. The molecule has 10 rings (SSSR count). The summed E-state index contributed by atoms with van der Waals surface area (Å²) in [6.45, 7) is 0. The molecule has 51 heavy (non-hydrogen) atoms. The molecule has 0 saturated heterocycles. The summed E-state index contributed by atoms with van der Waals surface area (Å²) in [7, 11) is 0. The van der Waals surface area contributed by atoms with E-state index < -0.39 is 0 Å². The topological polar surface area (TPSA) is 9.86 Å². The zero-order chi connectivity index (χ0) is 33.7. The summed E-state index contributed by atoms with van der Waals surface area (Å²) in [5.74, 6) is 0.173. The van der Waals surface area contributed by atoms with Gasteiger partial charge in [0.15, 0.2) is 0 Å². The maximum atomic E-state index is 2.43. The third-order valence-electron chi connectivity index (χ3n) is 10.4. The van der Waals surface area contributed by atoms with Gasteiger partial charge in [-0.2, -0.15) is 0 Å². The molecule has 0 atom stereocenters. The summed E-state index contributed by atoms with van der Waals surface area (Å²) in [5, 5.41) is 5.00. The molecule has 0 aliphatic carbocycles. The lowest BCUT2D eigenvalue weighted by Gasteiger charge is -2.19. The fraction of sp³-hybridized carbons (Fsp3) is 0.0204. The van der Waals surface area contributed by atoms with Crippen LogP contribution in [-0.2, 0) is 0 Å². The van der Waals surface area contributed by atoms with E-state index in [0.29, 0.717) is 0 Å². The SMILES string of the molecule is c1ccc(C(c2ccccc2)c2ccc(-c3ccc4c(c3)c3cc5c(cc3n4-c3ccccc3)c3ccccc3n5-c3ccccc3)cc2)cc1. The van der Waals surface area contributed by atoms with Crippen LogP contribution in [0.4, 0.5) is 0 Å². The average Bonchev–Trinajstić information content (AvgIpc) is 3.70. The van der Waals surface area contributed by atoms with Crippen molar-refractivity contribution in [3.8, 4) is 22.5 Å². The predicted molar refractivity (Wildman–Crippen MR) is 214 cm³/mol. The largest absolute Gasteiger partial charge is 0.309 e. The molecule has 0 radical (unpaired) electrons. The van der Waals surface area contributed by atoms with Crippen molar-refractivity contribution < 1.29 is 0 Å². The molecular formula is C49H34N2. The molecule has 10 aromatic rings. The van der Waals surface area contributed by atoms with E-state index in [0.717, 1.165) is 5.69 Å². The zero-order valence-corrected chi connectivity index (χ0v) is 28.0. The van der Waals surface area contributed by atoms with Crippen molar-refractivity contribution in [2.75, 3.05) is 0 Å². The van der Waals surface area contributed by atoms with Crippen LogP contribution in [0, 0.1) is 0 Å². The minimum absolute atomic E-state index is 0.173. The molecule has 2 heterocycles. The zero-order valence-electron chi connectivity index (χ0n) is 28.0. The Hall–Kier alpha value is -6.64. The Morgan fingerprint density at radius 2 is 0.686 bits per heavy atom. The minimum Gasteiger partial charge on any atom is -0.309 e. The van der Waals surface area contributed by atoms with Crippen molar-refractivity contribution in [2.45, 2.75) is 5.92 Å². The van der Waals surface area contributed by atoms with Crippen LogP contribution < -0.4 is 0 Å². The quantitative estimate of drug-likeness (QED) is 0.159. The van der Waals surface area contributed by atoms with E-state index in [2.05, 4.69) is 209 Å². The summed E-state index contributed by atoms with van der Waals surface area (Å²) < 4.78 is 4.84. The Morgan fingerprint density at radius 3 is 1.25 bits per heavy atom. The molecule has 0 amide bonds. The molecular weight excluding hydrogens is 617 g/mol. The lowest BCUT2D eigenvalue weighted by molar-refractivity contribution is 0.978. The first-order valence-corrected chi connectivity index (χ1v) is 17.6. The van der Waals surface area contributed by atoms with Gasteiger partial charge >= 0.3 is 0 Å². The van der Waals surface area contributed by atoms with Crippen LogP contribution in [0.1, 0.15) is 22.6 Å². The third kappa shape index (κ3) is 4.87. The highest BCUT2D eigenvalue weighted by Gasteiger charge is 2.20. The molecule has 0 saturated carbocycles. The second-order valence-electron chi connectivity index (χ2n) is 13.4. The molecule has 2 nitrogen and oxygen atoms in total. The smallest absolute Gasteiger partial charge is 0.0548 e. The van der Waals surface area contributed by atoms with Gasteiger partial charge in [0.1, 0.15) is 0 Å². The Labute approximate surface area is 297 Å². The second-order valence-corrected chi connectivity index (χ2v) is 13.4. The van der Waals surface area contributed by atoms with Gasteiger partial charge in [-0.05, 0) is 82.4 Å². The average molecular weight is 651 g/mol. The highest BCUT2D eigenvalue weighted by Crippen LogP contribution is 2.41. The number of hydrogen-bond acceptors (Lipinski definition) is 0. The van der Waals surface area contributed by atoms with Crippen LogP contribution in [0.5, 0.6) is 0 Å². The number of aromatic nitrogens is 2. The van der Waals surface area contributed by atoms with Gasteiger partial charge in [0.05, 0.1) is 22.1 Å². The van der Waals surface area contributed by atoms with Gasteiger partial charge < -0.3 is 9.13 Å². The van der Waals surface area contributed by atoms with E-state index in [1.165, 1.54) is 77.1 Å². The summed E-state index contributed by atoms with van der Waals surface area (Å²) in [4.78, 5) is 0. The summed E-state index contributed by atoms with van der Waals surface area (Å²) in [6, 6.07) is 72.9. The maximum Gasteiger partial charge on any atom is 0.0548 e. The minimum atomic E-state index is 0.173. The van der Waals surface area contributed by atoms with Crippen LogP contribution >= 0.6 is 0 Å². The van der Waals surface area contributed by atoms with E-state index in [1.807, 2.05) is 0 Å². The van der Waals surface area contributed by atoms with Crippen molar-refractivity contribution in [2.24, 2.45) is 0 Å². The normalized spacial score (nSPS) is 11.7. The lowest BCUT2D eigenvalue weighted by atomic mass is 9.84. The lowest BCUT2D eigenvalue weighted by Crippen LogP contribution is -2.03. The molecule has 8 aromatic carbocycles. The molecule has 0 fully saturated rings. The molecule has 0 aliphatic rings. The van der Waals surface area contributed by atoms with Gasteiger partial charge in [-0.3, -0.25) is 0 Å². The first kappa shape index (κ1) is 29.3. The van der Waals surface area contributed by atoms with E-state index in [1.54, 1.807) is 0 Å². The molecule has 2 heteroatoms. The van der Waals surface area contributed by atoms with Crippen LogP contribution in [-0.4, -0.2) is 9.13 Å². The molecule has 0 spiro atoms. The Bertz CT molecular complexity index is 2770. The fourth-order valence-electron chi connectivity index (χ4n) is 8.11. The van der Waals surface area contributed by atoms with E-state index in [9.17, 15) is 0 Å². The standard InChI is InChI=1S/C49H34N2/c1-5-15-35(16-6-1)49(36-17-7-2-8-18-36)37-27-25-34(26-28-37)38-29-30-46-42(31-38)44-33-47-43(32-48(44)51(46)40-21-11-4-12-22-40)41-23-13-14-24-45(41)50(47)39-19-9-3-10-20-39/h1-33,49H. The Balaban J connectivity index is 1.18. The third-order valence-corrected chi connectivity index (χ3v) is 10.4. The van der Waals surface area contributed by atoms with Crippen molar-refractivity contribution >= 4 is 43.6 Å². The summed E-state index contributed by atoms with van der Waals surface area (Å²) in [6.07, 6.45) is 0. The van der Waals surface area contributed by atoms with Gasteiger partial charge in [-0.25, -0.2) is 0 Å². The second kappa shape index (κ2) is 12.0. The van der Waals surface area contributed by atoms with Gasteiger partial charge in [-0.15, -0.1) is 0 Å². The Kier molecular flexibility index (Phi) is 6.92. The number of para-hydroxylation sites is 3. The highest BCUT2D eigenvalue weighted by atomic mass is 15.0. The van der Waals surface area contributed by atoms with Gasteiger partial charge in [-0.1, -0.05) is 146 Å². The van der Waals surface area contributed by atoms with Crippen LogP contribution in [0.25, 0.3) is 66.1 Å². The maximum absolute atomic E-state index is 2.43. The van der Waals surface area contributed by atoms with E-state index >= 15 is 0 Å². The molecule has 240 valence electrons. The molecule has 2 aromatic heterocycles. The summed E-state index contributed by atoms with van der Waals surface area (Å²) >= 11 is 0. The van der Waals surface area contributed by atoms with Gasteiger partial charge in [0.2, 0.25) is 0 Å². The number of benzene rings is 8. The highest BCUT2D eigenvalue weighted by molar-refractivity contribution is 6.19. The predicted octanol–water partition coefficient (Wildman–Crippen LogP) is 12.7. The van der Waals surface area contributed by atoms with E-state index in [4.69, 9.17) is 0 Å². The Morgan fingerprint density at radius 1 is 0.275 bits per heavy atom. The van der Waals surface area contributed by atoms with Gasteiger partial charge in [0.25, 0.3) is 0 Å². The van der Waals surface area contributed by atoms with E-state index in [-0.39, 0.29) is 5.92 Å². The number of nitrogens with zero attached hydrogens (tertiary/aromatic N) is 2. The molecule has 0 bridgehead atoms. The van der Waals surface area contributed by atoms with Crippen molar-refractivity contribution in [3.63, 3.8) is 0 Å². The molecule has 0 unspecified atom stereocenters. The molecule has 0 N–H and O–H groups in total. The monoisotopic (exact) mass is 650 g/mol. The van der Waals surface area contributed by atoms with Crippen molar-refractivity contribution in [1.29, 1.82) is 0 Å². The number of fused-ring (bicyclic) bond motifs is 6. The van der Waals surface area contributed by atoms with Crippen LogP contribution in [0.2, 0.25) is 0 Å². The fourth-order valence-corrected chi connectivity index (χ4v) is 8.11. The van der Waals surface area contributed by atoms with Gasteiger partial charge in [0, 0.05) is 38.8 Å². The van der Waals surface area contributed by atoms with Crippen molar-refractivity contribution in [1.82, 2.24) is 9.13 Å². The number of hydrogen-bond donors (Lipinski definition) is 0. The van der Waals surface area contributed by atoms with Crippen LogP contribution in [0.15, 0.2) is 200 Å². The number of rotatable bonds is 6. The first-order valence-electron chi connectivity index (χ1n) is 17.6. The first-order chi connectivity index (χ1) is 25.3.